The Morgan fingerprint density at radius 1 is 1.37 bits per heavy atom. The van der Waals surface area contributed by atoms with E-state index in [4.69, 9.17) is 16.3 Å². The number of carbonyl (C=O) groups excluding carboxylic acids is 3. The van der Waals surface area contributed by atoms with Crippen LogP contribution in [0, 0.1) is 0 Å². The zero-order valence-corrected chi connectivity index (χ0v) is 20.1. The van der Waals surface area contributed by atoms with Gasteiger partial charge in [0.2, 0.25) is 11.5 Å². The Morgan fingerprint density at radius 3 is 2.51 bits per heavy atom. The maximum Gasteiger partial charge on any atom is 0.362 e. The average molecular weight is 534 g/mol. The van der Waals surface area contributed by atoms with Gasteiger partial charge in [-0.3, -0.25) is 18.9 Å². The standard InChI is InChI=1S/C17H23N7O9S2/c1-17(2,15(28)29)33-22-10(8-6-34-16(19)20-8)12(25)21-11-9(24(14(11)27)35(30,31)32)5-23-4-3-7(18)13(23)26/h6-7,9,11H,3-5,18H2,1-2H3,(H2,19,20)(H,21,25)(H,28,29)(H,30,31,32)/t7-,9+,11+/m1/s1. The molecule has 0 bridgehead atoms. The molecule has 2 fully saturated rings. The molecule has 192 valence electrons. The molecule has 3 atom stereocenters. The highest BCUT2D eigenvalue weighted by molar-refractivity contribution is 7.84. The summed E-state index contributed by atoms with van der Waals surface area (Å²) in [4.78, 5) is 59.1. The number of anilines is 1. The third-order valence-corrected chi connectivity index (χ3v) is 6.93. The van der Waals surface area contributed by atoms with E-state index in [0.717, 1.165) is 11.3 Å². The molecule has 0 aliphatic carbocycles. The number of carboxylic acid groups (broad SMARTS) is 1. The average Bonchev–Trinajstić information content (AvgIpc) is 3.30. The number of likely N-dealkylation sites (tertiary alicyclic amines) is 1. The van der Waals surface area contributed by atoms with Crippen LogP contribution in [-0.2, 0) is 34.3 Å². The molecule has 0 spiro atoms. The highest BCUT2D eigenvalue weighted by Crippen LogP contribution is 2.26. The molecule has 3 rings (SSSR count). The van der Waals surface area contributed by atoms with Gasteiger partial charge in [-0.1, -0.05) is 5.16 Å². The molecule has 0 unspecified atom stereocenters. The van der Waals surface area contributed by atoms with Crippen LogP contribution in [0.25, 0.3) is 0 Å². The van der Waals surface area contributed by atoms with Crippen molar-refractivity contribution in [2.75, 3.05) is 18.8 Å². The smallest absolute Gasteiger partial charge is 0.362 e. The summed E-state index contributed by atoms with van der Waals surface area (Å²) in [7, 11) is -5.00. The minimum Gasteiger partial charge on any atom is -0.478 e. The summed E-state index contributed by atoms with van der Waals surface area (Å²) in [5.41, 5.74) is 8.79. The van der Waals surface area contributed by atoms with Crippen molar-refractivity contribution in [1.29, 1.82) is 0 Å². The number of hydrogen-bond donors (Lipinski definition) is 5. The van der Waals surface area contributed by atoms with E-state index in [0.29, 0.717) is 6.42 Å². The molecule has 3 amide bonds. The van der Waals surface area contributed by atoms with Crippen molar-refractivity contribution in [2.45, 2.75) is 44.0 Å². The molecule has 35 heavy (non-hydrogen) atoms. The minimum absolute atomic E-state index is 0.0528. The van der Waals surface area contributed by atoms with E-state index in [2.05, 4.69) is 15.5 Å². The minimum atomic E-state index is -5.00. The number of oxime groups is 1. The Labute approximate surface area is 202 Å². The van der Waals surface area contributed by atoms with Crippen LogP contribution in [0.1, 0.15) is 26.0 Å². The molecule has 2 aliphatic heterocycles. The van der Waals surface area contributed by atoms with Gasteiger partial charge in [0.05, 0.1) is 12.1 Å². The zero-order valence-electron chi connectivity index (χ0n) is 18.4. The molecule has 16 nitrogen and oxygen atoms in total. The Hall–Kier alpha value is -3.35. The van der Waals surface area contributed by atoms with Crippen LogP contribution < -0.4 is 16.8 Å². The van der Waals surface area contributed by atoms with Crippen molar-refractivity contribution < 1.29 is 42.1 Å². The highest BCUT2D eigenvalue weighted by Gasteiger charge is 2.55. The van der Waals surface area contributed by atoms with Crippen molar-refractivity contribution in [3.8, 4) is 0 Å². The molecular weight excluding hydrogens is 510 g/mol. The van der Waals surface area contributed by atoms with Crippen molar-refractivity contribution in [3.63, 3.8) is 0 Å². The lowest BCUT2D eigenvalue weighted by Crippen LogP contribution is -2.74. The van der Waals surface area contributed by atoms with E-state index in [1.165, 1.54) is 24.1 Å². The van der Waals surface area contributed by atoms with Crippen molar-refractivity contribution in [1.82, 2.24) is 19.5 Å². The molecule has 7 N–H and O–H groups in total. The van der Waals surface area contributed by atoms with Crippen molar-refractivity contribution in [2.24, 2.45) is 10.9 Å². The van der Waals surface area contributed by atoms with Gasteiger partial charge in [-0.2, -0.15) is 8.42 Å². The first-order chi connectivity index (χ1) is 16.1. The zero-order chi connectivity index (χ0) is 26.3. The third kappa shape index (κ3) is 5.34. The number of aromatic nitrogens is 1. The second-order valence-electron chi connectivity index (χ2n) is 8.23. The van der Waals surface area contributed by atoms with E-state index in [-0.39, 0.29) is 28.2 Å². The first-order valence-electron chi connectivity index (χ1n) is 10.0. The van der Waals surface area contributed by atoms with E-state index in [1.807, 2.05) is 0 Å². The second-order valence-corrected chi connectivity index (χ2v) is 10.4. The topological polar surface area (TPSA) is 248 Å². The largest absolute Gasteiger partial charge is 0.478 e. The van der Waals surface area contributed by atoms with Gasteiger partial charge in [0, 0.05) is 18.5 Å². The number of hydrogen-bond acceptors (Lipinski definition) is 12. The first-order valence-corrected chi connectivity index (χ1v) is 12.3. The maximum atomic E-state index is 13.0. The number of aliphatic carboxylic acids is 1. The Bertz CT molecular complexity index is 1200. The molecule has 18 heteroatoms. The fraction of sp³-hybridized carbons (Fsp3) is 0.529. The summed E-state index contributed by atoms with van der Waals surface area (Å²) in [6.45, 7) is 2.21. The number of carbonyl (C=O) groups is 4. The number of amides is 3. The quantitative estimate of drug-likeness (QED) is 0.0946. The summed E-state index contributed by atoms with van der Waals surface area (Å²) < 4.78 is 33.0. The second kappa shape index (κ2) is 9.36. The number of nitrogen functional groups attached to an aromatic ring is 1. The van der Waals surface area contributed by atoms with Crippen LogP contribution in [0.5, 0.6) is 0 Å². The Kier molecular flexibility index (Phi) is 7.02. The highest BCUT2D eigenvalue weighted by atomic mass is 32.2. The fourth-order valence-corrected chi connectivity index (χ4v) is 4.74. The molecule has 1 aromatic rings. The SMILES string of the molecule is CC(C)(ON=C(C(=O)N[C@@H]1C(=O)N(S(=O)(=O)O)[C@H]1CN1CC[C@@H](N)C1=O)c1csc(N)n1)C(=O)O. The first kappa shape index (κ1) is 26.3. The maximum absolute atomic E-state index is 13.0. The molecule has 0 saturated carbocycles. The van der Waals surface area contributed by atoms with Gasteiger partial charge >= 0.3 is 16.3 Å². The summed E-state index contributed by atoms with van der Waals surface area (Å²) in [5, 5.41) is 16.5. The van der Waals surface area contributed by atoms with Crippen LogP contribution >= 0.6 is 11.3 Å². The van der Waals surface area contributed by atoms with Crippen LogP contribution in [0.3, 0.4) is 0 Å². The third-order valence-electron chi connectivity index (χ3n) is 5.31. The predicted octanol–water partition coefficient (Wildman–Crippen LogP) is -2.63. The van der Waals surface area contributed by atoms with E-state index in [9.17, 15) is 37.3 Å². The van der Waals surface area contributed by atoms with Gasteiger partial charge in [-0.15, -0.1) is 11.3 Å². The molecule has 3 heterocycles. The number of nitrogens with two attached hydrogens (primary N) is 2. The van der Waals surface area contributed by atoms with Crippen molar-refractivity contribution in [3.05, 3.63) is 11.1 Å². The number of rotatable bonds is 9. The van der Waals surface area contributed by atoms with E-state index in [1.54, 1.807) is 0 Å². The molecule has 2 saturated heterocycles. The van der Waals surface area contributed by atoms with Gasteiger partial charge in [-0.05, 0) is 20.3 Å². The molecule has 2 aliphatic rings. The monoisotopic (exact) mass is 533 g/mol. The van der Waals surface area contributed by atoms with Crippen LogP contribution in [0.15, 0.2) is 10.5 Å². The summed E-state index contributed by atoms with van der Waals surface area (Å²) in [6, 6.07) is -3.61. The van der Waals surface area contributed by atoms with Crippen LogP contribution in [0.2, 0.25) is 0 Å². The Balaban J connectivity index is 1.87. The normalized spacial score (nSPS) is 23.3. The van der Waals surface area contributed by atoms with Crippen LogP contribution in [-0.4, -0.2) is 98.5 Å². The molecule has 0 aromatic carbocycles. The lowest BCUT2D eigenvalue weighted by Gasteiger charge is -2.45. The van der Waals surface area contributed by atoms with E-state index < -0.39 is 63.4 Å². The van der Waals surface area contributed by atoms with Crippen LogP contribution in [0.4, 0.5) is 5.13 Å². The van der Waals surface area contributed by atoms with Gasteiger partial charge in [0.25, 0.3) is 11.8 Å². The van der Waals surface area contributed by atoms with Gasteiger partial charge in [0.15, 0.2) is 10.8 Å². The lowest BCUT2D eigenvalue weighted by molar-refractivity contribution is -0.161. The number of nitrogens with one attached hydrogen (secondary N) is 1. The molecule has 1 aromatic heterocycles. The number of β-lactam (4-membered cyclic amide) rings is 1. The molecule has 0 radical (unpaired) electrons. The number of thiazole rings is 1. The fourth-order valence-electron chi connectivity index (χ4n) is 3.32. The number of nitrogens with zero attached hydrogens (tertiary/aromatic N) is 4. The summed E-state index contributed by atoms with van der Waals surface area (Å²) in [6.07, 6.45) is 0.307. The Morgan fingerprint density at radius 2 is 2.03 bits per heavy atom. The summed E-state index contributed by atoms with van der Waals surface area (Å²) >= 11 is 0.945. The van der Waals surface area contributed by atoms with Gasteiger partial charge in [0.1, 0.15) is 11.7 Å². The van der Waals surface area contributed by atoms with Gasteiger partial charge < -0.3 is 31.6 Å². The number of carboxylic acids is 1. The van der Waals surface area contributed by atoms with E-state index >= 15 is 0 Å². The summed E-state index contributed by atoms with van der Waals surface area (Å²) in [5.74, 6) is -4.09. The molecular formula is C17H23N7O9S2. The van der Waals surface area contributed by atoms with Crippen molar-refractivity contribution >= 4 is 56.2 Å². The predicted molar refractivity (Wildman–Crippen MR) is 119 cm³/mol. The lowest BCUT2D eigenvalue weighted by atomic mass is 9.97. The van der Waals surface area contributed by atoms with Gasteiger partial charge in [-0.25, -0.2) is 14.1 Å².